The summed E-state index contributed by atoms with van der Waals surface area (Å²) in [6.45, 7) is 11.1. The number of hydrogen-bond donors (Lipinski definition) is 0. The lowest BCUT2D eigenvalue weighted by molar-refractivity contribution is -0.275. The molecule has 6 atom stereocenters. The summed E-state index contributed by atoms with van der Waals surface area (Å²) in [5, 5.41) is 12.5. The molecule has 0 N–H and O–H groups in total. The first-order valence-electron chi connectivity index (χ1n) is 20.8. The number of nitrogens with zero attached hydrogens (tertiary/aromatic N) is 5. The summed E-state index contributed by atoms with van der Waals surface area (Å²) in [6, 6.07) is 39.7. The van der Waals surface area contributed by atoms with Gasteiger partial charge in [0.2, 0.25) is 0 Å². The van der Waals surface area contributed by atoms with Gasteiger partial charge in [0.15, 0.2) is 0 Å². The van der Waals surface area contributed by atoms with Crippen molar-refractivity contribution in [1.29, 1.82) is 0 Å². The van der Waals surface area contributed by atoms with E-state index in [0.29, 0.717) is 19.8 Å². The fourth-order valence-corrected chi connectivity index (χ4v) is 7.47. The quantitative estimate of drug-likeness (QED) is 0.0886. The van der Waals surface area contributed by atoms with Crippen LogP contribution in [0.1, 0.15) is 56.9 Å². The van der Waals surface area contributed by atoms with Gasteiger partial charge in [0.1, 0.15) is 48.5 Å². The van der Waals surface area contributed by atoms with Crippen LogP contribution in [0.5, 0.6) is 6.01 Å². The van der Waals surface area contributed by atoms with E-state index in [1.807, 2.05) is 156 Å². The van der Waals surface area contributed by atoms with Crippen molar-refractivity contribution in [3.63, 3.8) is 0 Å². The van der Waals surface area contributed by atoms with Crippen molar-refractivity contribution in [2.75, 3.05) is 19.8 Å². The summed E-state index contributed by atoms with van der Waals surface area (Å²) in [4.78, 5) is 14.9. The van der Waals surface area contributed by atoms with Gasteiger partial charge in [-0.3, -0.25) is 4.90 Å². The van der Waals surface area contributed by atoms with Gasteiger partial charge < -0.3 is 37.9 Å². The Bertz CT molecular complexity index is 2070. The van der Waals surface area contributed by atoms with Gasteiger partial charge in [0, 0.05) is 0 Å². The number of amides is 1. The van der Waals surface area contributed by atoms with Gasteiger partial charge in [-0.1, -0.05) is 126 Å². The summed E-state index contributed by atoms with van der Waals surface area (Å²) in [5.74, 6) is 0. The van der Waals surface area contributed by atoms with Gasteiger partial charge in [-0.15, -0.1) is 0 Å². The minimum Gasteiger partial charge on any atom is -0.460 e. The van der Waals surface area contributed by atoms with Crippen LogP contribution in [0, 0.1) is 0 Å². The van der Waals surface area contributed by atoms with E-state index < -0.39 is 54.0 Å². The zero-order chi connectivity index (χ0) is 42.7. The number of tetrazole rings is 1. The van der Waals surface area contributed by atoms with Crippen LogP contribution in [-0.4, -0.2) is 98.9 Å². The maximum Gasteiger partial charge on any atom is 0.413 e. The molecule has 2 saturated heterocycles. The van der Waals surface area contributed by atoms with E-state index in [1.165, 1.54) is 0 Å². The summed E-state index contributed by atoms with van der Waals surface area (Å²) in [5.41, 5.74) is 2.43. The molecule has 1 aromatic heterocycles. The first-order valence-corrected chi connectivity index (χ1v) is 20.8. The fourth-order valence-electron chi connectivity index (χ4n) is 7.47. The highest BCUT2D eigenvalue weighted by atomic mass is 16.6. The SMILES string of the molecule is CC(C)(C)OC(=O)N1[C@@H](COc2nnnn2C[C@H]2O[C@H](COCc3ccccc3)[C@H](OCc3ccccc3)[C@H](OCc3ccccc3)[C@H]2OCc2ccccc2)COC1(C)C. The summed E-state index contributed by atoms with van der Waals surface area (Å²) >= 11 is 0. The van der Waals surface area contributed by atoms with Crippen LogP contribution in [0.25, 0.3) is 0 Å². The number of carbonyl (C=O) groups is 1. The maximum atomic E-state index is 13.4. The van der Waals surface area contributed by atoms with E-state index in [2.05, 4.69) is 15.5 Å². The highest BCUT2D eigenvalue weighted by Crippen LogP contribution is 2.33. The van der Waals surface area contributed by atoms with Crippen LogP contribution >= 0.6 is 0 Å². The molecule has 2 aliphatic rings. The Labute approximate surface area is 357 Å². The van der Waals surface area contributed by atoms with Gasteiger partial charge in [-0.05, 0) is 67.3 Å². The Kier molecular flexibility index (Phi) is 14.8. The van der Waals surface area contributed by atoms with Gasteiger partial charge in [0.25, 0.3) is 0 Å². The molecule has 0 bridgehead atoms. The standard InChI is InChI=1S/C47H57N5O9/c1-46(2,3)61-45(53)52-38(32-59-47(52,4)5)31-58-44-48-49-50-51(44)26-39-41(55-28-35-20-12-7-13-21-35)43(57-30-37-24-16-9-17-25-37)42(56-29-36-22-14-8-15-23-36)40(60-39)33-54-27-34-18-10-6-11-19-34/h6-25,38-43H,26-33H2,1-5H3/t38-,39+,40+,41-,42-,43+/m0/s1. The average Bonchev–Trinajstić information content (AvgIpc) is 3.83. The molecule has 2 aliphatic heterocycles. The molecule has 0 spiro atoms. The predicted octanol–water partition coefficient (Wildman–Crippen LogP) is 7.16. The topological polar surface area (TPSA) is 138 Å². The highest BCUT2D eigenvalue weighted by Gasteiger charge is 2.49. The second-order valence-electron chi connectivity index (χ2n) is 16.7. The minimum atomic E-state index is -0.910. The maximum absolute atomic E-state index is 13.4. The Morgan fingerprint density at radius 3 is 1.70 bits per heavy atom. The Morgan fingerprint density at radius 2 is 1.18 bits per heavy atom. The number of benzene rings is 4. The molecule has 324 valence electrons. The van der Waals surface area contributed by atoms with Gasteiger partial charge in [-0.2, -0.15) is 4.68 Å². The summed E-state index contributed by atoms with van der Waals surface area (Å²) < 4.78 is 53.5. The number of ether oxygens (including phenoxy) is 8. The van der Waals surface area contributed by atoms with Crippen molar-refractivity contribution < 1.29 is 42.7 Å². The second kappa shape index (κ2) is 20.6. The highest BCUT2D eigenvalue weighted by molar-refractivity contribution is 5.69. The van der Waals surface area contributed by atoms with Crippen LogP contribution < -0.4 is 4.74 Å². The van der Waals surface area contributed by atoms with Crippen LogP contribution in [0.15, 0.2) is 121 Å². The number of carbonyl (C=O) groups excluding carboxylic acids is 1. The number of rotatable bonds is 18. The molecule has 3 heterocycles. The van der Waals surface area contributed by atoms with Crippen molar-refractivity contribution in [2.24, 2.45) is 0 Å². The van der Waals surface area contributed by atoms with E-state index in [1.54, 1.807) is 9.58 Å². The Morgan fingerprint density at radius 1 is 0.689 bits per heavy atom. The van der Waals surface area contributed by atoms with Gasteiger partial charge >= 0.3 is 12.1 Å². The van der Waals surface area contributed by atoms with E-state index in [9.17, 15) is 4.79 Å². The number of hydrogen-bond acceptors (Lipinski definition) is 12. The largest absolute Gasteiger partial charge is 0.460 e. The molecule has 61 heavy (non-hydrogen) atoms. The molecular formula is C47H57N5O9. The molecular weight excluding hydrogens is 779 g/mol. The normalized spacial score (nSPS) is 22.5. The second-order valence-corrected chi connectivity index (χ2v) is 16.7. The molecule has 0 unspecified atom stereocenters. The van der Waals surface area contributed by atoms with Crippen LogP contribution in [-0.2, 0) is 66.1 Å². The molecule has 14 nitrogen and oxygen atoms in total. The Balaban J connectivity index is 1.17. The first kappa shape index (κ1) is 43.9. The number of aromatic nitrogens is 4. The van der Waals surface area contributed by atoms with Crippen molar-refractivity contribution in [3.8, 4) is 6.01 Å². The third-order valence-corrected chi connectivity index (χ3v) is 10.4. The molecule has 4 aromatic carbocycles. The lowest BCUT2D eigenvalue weighted by Crippen LogP contribution is -2.62. The zero-order valence-corrected chi connectivity index (χ0v) is 35.6. The molecule has 0 aliphatic carbocycles. The predicted molar refractivity (Wildman–Crippen MR) is 225 cm³/mol. The van der Waals surface area contributed by atoms with Crippen LogP contribution in [0.3, 0.4) is 0 Å². The summed E-state index contributed by atoms with van der Waals surface area (Å²) in [7, 11) is 0. The van der Waals surface area contributed by atoms with E-state index >= 15 is 0 Å². The van der Waals surface area contributed by atoms with E-state index in [0.717, 1.165) is 22.3 Å². The lowest BCUT2D eigenvalue weighted by atomic mass is 9.93. The molecule has 0 saturated carbocycles. The third-order valence-electron chi connectivity index (χ3n) is 10.4. The zero-order valence-electron chi connectivity index (χ0n) is 35.6. The van der Waals surface area contributed by atoms with Gasteiger partial charge in [0.05, 0.1) is 52.2 Å². The van der Waals surface area contributed by atoms with E-state index in [-0.39, 0.29) is 39.0 Å². The van der Waals surface area contributed by atoms with E-state index in [4.69, 9.17) is 37.9 Å². The first-order chi connectivity index (χ1) is 29.5. The van der Waals surface area contributed by atoms with Crippen LogP contribution in [0.4, 0.5) is 4.79 Å². The molecule has 14 heteroatoms. The minimum absolute atomic E-state index is 0.0523. The average molecular weight is 836 g/mol. The van der Waals surface area contributed by atoms with Crippen LogP contribution in [0.2, 0.25) is 0 Å². The fraction of sp³-hybridized carbons (Fsp3) is 0.447. The molecule has 5 aromatic rings. The van der Waals surface area contributed by atoms with Crippen molar-refractivity contribution in [2.45, 2.75) is 115 Å². The van der Waals surface area contributed by atoms with Crippen molar-refractivity contribution in [1.82, 2.24) is 25.1 Å². The molecule has 7 rings (SSSR count). The van der Waals surface area contributed by atoms with Gasteiger partial charge in [-0.25, -0.2) is 4.79 Å². The molecule has 0 radical (unpaired) electrons. The summed E-state index contributed by atoms with van der Waals surface area (Å²) in [6.07, 6.45) is -3.65. The third kappa shape index (κ3) is 12.2. The Hall–Kier alpha value is -5.22. The molecule has 2 fully saturated rings. The molecule has 1 amide bonds. The smallest absolute Gasteiger partial charge is 0.413 e. The monoisotopic (exact) mass is 835 g/mol. The van der Waals surface area contributed by atoms with Crippen molar-refractivity contribution in [3.05, 3.63) is 144 Å². The van der Waals surface area contributed by atoms with Crippen molar-refractivity contribution >= 4 is 6.09 Å². The lowest BCUT2D eigenvalue weighted by Gasteiger charge is -2.46.